The molecule has 25 heavy (non-hydrogen) atoms. The van der Waals surface area contributed by atoms with Crippen LogP contribution in [0.2, 0.25) is 5.02 Å². The lowest BCUT2D eigenvalue weighted by molar-refractivity contribution is 0.477. The predicted molar refractivity (Wildman–Crippen MR) is 101 cm³/mol. The van der Waals surface area contributed by atoms with Crippen molar-refractivity contribution in [3.63, 3.8) is 0 Å². The van der Waals surface area contributed by atoms with Gasteiger partial charge in [-0.1, -0.05) is 23.7 Å². The second kappa shape index (κ2) is 6.50. The number of benzene rings is 2. The number of hydrogen-bond donors (Lipinski definition) is 3. The summed E-state index contributed by atoms with van der Waals surface area (Å²) in [6.45, 7) is 0.659. The van der Waals surface area contributed by atoms with Crippen molar-refractivity contribution >= 4 is 28.3 Å². The van der Waals surface area contributed by atoms with Crippen LogP contribution in [0.5, 0.6) is 5.75 Å². The Morgan fingerprint density at radius 1 is 1.20 bits per heavy atom. The average molecular weight is 355 g/mol. The number of aromatic hydroxyl groups is 1. The van der Waals surface area contributed by atoms with Crippen LogP contribution in [0.4, 0.5) is 5.82 Å². The molecule has 1 aliphatic carbocycles. The SMILES string of the molecule is N[C@@H](CNc1nc(-c2cc(Cl)ccc2O)nc2ccccc12)C1CC1. The smallest absolute Gasteiger partial charge is 0.165 e. The number of rotatable bonds is 5. The first kappa shape index (κ1) is 16.1. The van der Waals surface area contributed by atoms with Crippen LogP contribution >= 0.6 is 11.6 Å². The standard InChI is InChI=1S/C19H19ClN4O/c20-12-7-8-17(25)14(9-12)19-23-16-4-2-1-3-13(16)18(24-19)22-10-15(21)11-5-6-11/h1-4,7-9,11,15,25H,5-6,10,21H2,(H,22,23,24)/t15-/m0/s1. The quantitative estimate of drug-likeness (QED) is 0.649. The van der Waals surface area contributed by atoms with Gasteiger partial charge < -0.3 is 16.2 Å². The van der Waals surface area contributed by atoms with Crippen molar-refractivity contribution < 1.29 is 5.11 Å². The average Bonchev–Trinajstić information content (AvgIpc) is 3.46. The normalized spacial score (nSPS) is 15.3. The molecule has 1 heterocycles. The zero-order valence-electron chi connectivity index (χ0n) is 13.6. The molecule has 0 unspecified atom stereocenters. The summed E-state index contributed by atoms with van der Waals surface area (Å²) in [7, 11) is 0. The van der Waals surface area contributed by atoms with Crippen molar-refractivity contribution in [2.75, 3.05) is 11.9 Å². The molecule has 1 aliphatic rings. The third kappa shape index (κ3) is 3.38. The van der Waals surface area contributed by atoms with E-state index in [1.165, 1.54) is 12.8 Å². The summed E-state index contributed by atoms with van der Waals surface area (Å²) in [5.41, 5.74) is 7.51. The number of hydrogen-bond acceptors (Lipinski definition) is 5. The molecule has 128 valence electrons. The van der Waals surface area contributed by atoms with Gasteiger partial charge >= 0.3 is 0 Å². The van der Waals surface area contributed by atoms with Gasteiger partial charge in [-0.2, -0.15) is 0 Å². The van der Waals surface area contributed by atoms with E-state index in [-0.39, 0.29) is 11.8 Å². The summed E-state index contributed by atoms with van der Waals surface area (Å²) in [5.74, 6) is 1.86. The number of nitrogens with one attached hydrogen (secondary N) is 1. The van der Waals surface area contributed by atoms with Crippen LogP contribution in [0.3, 0.4) is 0 Å². The van der Waals surface area contributed by atoms with Crippen LogP contribution < -0.4 is 11.1 Å². The Balaban J connectivity index is 1.76. The number of phenols is 1. The molecule has 0 saturated heterocycles. The highest BCUT2D eigenvalue weighted by molar-refractivity contribution is 6.30. The Bertz CT molecular complexity index is 926. The van der Waals surface area contributed by atoms with E-state index in [0.717, 1.165) is 16.7 Å². The molecule has 0 radical (unpaired) electrons. The van der Waals surface area contributed by atoms with Gasteiger partial charge in [0.2, 0.25) is 0 Å². The topological polar surface area (TPSA) is 84.1 Å². The van der Waals surface area contributed by atoms with Crippen molar-refractivity contribution in [2.45, 2.75) is 18.9 Å². The van der Waals surface area contributed by atoms with Gasteiger partial charge in [-0.15, -0.1) is 0 Å². The number of nitrogens with two attached hydrogens (primary N) is 1. The maximum Gasteiger partial charge on any atom is 0.165 e. The third-order valence-corrected chi connectivity index (χ3v) is 4.77. The van der Waals surface area contributed by atoms with Crippen molar-refractivity contribution in [1.29, 1.82) is 0 Å². The number of para-hydroxylation sites is 1. The van der Waals surface area contributed by atoms with Gasteiger partial charge in [0.25, 0.3) is 0 Å². The Hall–Kier alpha value is -2.37. The van der Waals surface area contributed by atoms with Crippen LogP contribution in [-0.4, -0.2) is 27.7 Å². The van der Waals surface area contributed by atoms with E-state index in [0.29, 0.717) is 28.9 Å². The predicted octanol–water partition coefficient (Wildman–Crippen LogP) is 3.81. The van der Waals surface area contributed by atoms with E-state index in [1.54, 1.807) is 18.2 Å². The first-order valence-corrected chi connectivity index (χ1v) is 8.75. The summed E-state index contributed by atoms with van der Waals surface area (Å²) in [6, 6.07) is 12.8. The Morgan fingerprint density at radius 3 is 2.80 bits per heavy atom. The van der Waals surface area contributed by atoms with Gasteiger partial charge in [-0.05, 0) is 49.1 Å². The molecule has 3 aromatic rings. The molecule has 4 rings (SSSR count). The van der Waals surface area contributed by atoms with Gasteiger partial charge in [0, 0.05) is 23.0 Å². The lowest BCUT2D eigenvalue weighted by Crippen LogP contribution is -2.31. The van der Waals surface area contributed by atoms with Crippen LogP contribution in [-0.2, 0) is 0 Å². The van der Waals surface area contributed by atoms with Gasteiger partial charge in [-0.3, -0.25) is 0 Å². The van der Waals surface area contributed by atoms with E-state index < -0.39 is 0 Å². The van der Waals surface area contributed by atoms with Crippen molar-refractivity contribution in [3.05, 3.63) is 47.5 Å². The second-order valence-electron chi connectivity index (χ2n) is 6.46. The first-order chi connectivity index (χ1) is 12.1. The molecule has 5 nitrogen and oxygen atoms in total. The molecule has 0 spiro atoms. The molecule has 4 N–H and O–H groups in total. The monoisotopic (exact) mass is 354 g/mol. The fourth-order valence-electron chi connectivity index (χ4n) is 2.92. The molecule has 0 amide bonds. The fraction of sp³-hybridized carbons (Fsp3) is 0.263. The molecule has 1 fully saturated rings. The first-order valence-electron chi connectivity index (χ1n) is 8.37. The Kier molecular flexibility index (Phi) is 4.19. The second-order valence-corrected chi connectivity index (χ2v) is 6.89. The fourth-order valence-corrected chi connectivity index (χ4v) is 3.10. The van der Waals surface area contributed by atoms with E-state index >= 15 is 0 Å². The van der Waals surface area contributed by atoms with Crippen LogP contribution in [0, 0.1) is 5.92 Å². The third-order valence-electron chi connectivity index (χ3n) is 4.54. The molecular formula is C19H19ClN4O. The Morgan fingerprint density at radius 2 is 2.00 bits per heavy atom. The minimum Gasteiger partial charge on any atom is -0.507 e. The summed E-state index contributed by atoms with van der Waals surface area (Å²) in [5, 5.41) is 15.0. The van der Waals surface area contributed by atoms with E-state index in [4.69, 9.17) is 17.3 Å². The van der Waals surface area contributed by atoms with Crippen LogP contribution in [0.15, 0.2) is 42.5 Å². The lowest BCUT2D eigenvalue weighted by atomic mass is 10.1. The maximum atomic E-state index is 10.2. The van der Waals surface area contributed by atoms with Crippen molar-refractivity contribution in [3.8, 4) is 17.1 Å². The summed E-state index contributed by atoms with van der Waals surface area (Å²) in [4.78, 5) is 9.21. The molecule has 1 saturated carbocycles. The van der Waals surface area contributed by atoms with E-state index in [9.17, 15) is 5.11 Å². The highest BCUT2D eigenvalue weighted by Crippen LogP contribution is 2.33. The number of anilines is 1. The van der Waals surface area contributed by atoms with Gasteiger partial charge in [0.05, 0.1) is 11.1 Å². The number of aromatic nitrogens is 2. The molecule has 6 heteroatoms. The van der Waals surface area contributed by atoms with E-state index in [2.05, 4.69) is 15.3 Å². The highest BCUT2D eigenvalue weighted by atomic mass is 35.5. The van der Waals surface area contributed by atoms with Gasteiger partial charge in [0.15, 0.2) is 5.82 Å². The molecule has 2 aromatic carbocycles. The molecule has 0 aliphatic heterocycles. The number of nitrogens with zero attached hydrogens (tertiary/aromatic N) is 2. The zero-order chi connectivity index (χ0) is 17.4. The van der Waals surface area contributed by atoms with Gasteiger partial charge in [-0.25, -0.2) is 9.97 Å². The largest absolute Gasteiger partial charge is 0.507 e. The highest BCUT2D eigenvalue weighted by Gasteiger charge is 2.28. The maximum absolute atomic E-state index is 10.2. The van der Waals surface area contributed by atoms with Crippen molar-refractivity contribution in [2.24, 2.45) is 11.7 Å². The summed E-state index contributed by atoms with van der Waals surface area (Å²) >= 11 is 6.07. The van der Waals surface area contributed by atoms with Crippen molar-refractivity contribution in [1.82, 2.24) is 9.97 Å². The summed E-state index contributed by atoms with van der Waals surface area (Å²) < 4.78 is 0. The number of halogens is 1. The zero-order valence-corrected chi connectivity index (χ0v) is 14.4. The van der Waals surface area contributed by atoms with Gasteiger partial charge in [0.1, 0.15) is 11.6 Å². The molecular weight excluding hydrogens is 336 g/mol. The summed E-state index contributed by atoms with van der Waals surface area (Å²) in [6.07, 6.45) is 2.41. The minimum absolute atomic E-state index is 0.0975. The van der Waals surface area contributed by atoms with Crippen LogP contribution in [0.1, 0.15) is 12.8 Å². The van der Waals surface area contributed by atoms with E-state index in [1.807, 2.05) is 24.3 Å². The van der Waals surface area contributed by atoms with Crippen LogP contribution in [0.25, 0.3) is 22.3 Å². The molecule has 1 aromatic heterocycles. The number of phenolic OH excluding ortho intramolecular Hbond substituents is 1. The molecule has 0 bridgehead atoms. The Labute approximate surface area is 150 Å². The lowest BCUT2D eigenvalue weighted by Gasteiger charge is -2.15. The number of fused-ring (bicyclic) bond motifs is 1. The minimum atomic E-state index is 0.0975. The molecule has 1 atom stereocenters.